The summed E-state index contributed by atoms with van der Waals surface area (Å²) in [4.78, 5) is 12.5. The molecule has 0 atom stereocenters. The fraction of sp³-hybridized carbons (Fsp3) is 0.753. The SMILES string of the molecule is CCCCCCCCCCCCCCOc1cc(COc2cc(OCc3cc(OCCCCCCCCCCCCCC)cc(OCCCCCCCCCCCCCC)c3)cc(C(=O)O)c2)cc(OCCCCCCCCCCCCCC)c1. The Balaban J connectivity index is 1.61. The number of benzene rings is 3. The second kappa shape index (κ2) is 55.3. The lowest BCUT2D eigenvalue weighted by Gasteiger charge is -2.15. The van der Waals surface area contributed by atoms with Crippen molar-refractivity contribution in [1.82, 2.24) is 0 Å². The zero-order valence-corrected chi connectivity index (χ0v) is 55.7. The van der Waals surface area contributed by atoms with Gasteiger partial charge in [0, 0.05) is 18.2 Å². The van der Waals surface area contributed by atoms with Gasteiger partial charge in [0.25, 0.3) is 0 Å². The van der Waals surface area contributed by atoms with E-state index in [0.29, 0.717) is 37.9 Å². The molecule has 0 bridgehead atoms. The van der Waals surface area contributed by atoms with Crippen molar-refractivity contribution >= 4 is 5.97 Å². The third-order valence-corrected chi connectivity index (χ3v) is 16.9. The second-order valence-corrected chi connectivity index (χ2v) is 25.2. The van der Waals surface area contributed by atoms with Crippen LogP contribution >= 0.6 is 0 Å². The topological polar surface area (TPSA) is 92.7 Å². The van der Waals surface area contributed by atoms with Crippen molar-refractivity contribution in [2.45, 2.75) is 349 Å². The molecule has 0 aliphatic rings. The third-order valence-electron chi connectivity index (χ3n) is 16.9. The summed E-state index contributed by atoms with van der Waals surface area (Å²) in [5.74, 6) is 2.89. The van der Waals surface area contributed by atoms with Crippen molar-refractivity contribution in [3.8, 4) is 34.5 Å². The highest BCUT2D eigenvalue weighted by molar-refractivity contribution is 5.88. The second-order valence-electron chi connectivity index (χ2n) is 25.2. The lowest BCUT2D eigenvalue weighted by atomic mass is 10.1. The Bertz CT molecular complexity index is 1750. The van der Waals surface area contributed by atoms with Gasteiger partial charge in [-0.1, -0.05) is 310 Å². The normalized spacial score (nSPS) is 11.3. The average Bonchev–Trinajstić information content (AvgIpc) is 3.50. The number of carbonyl (C=O) groups is 1. The maximum absolute atomic E-state index is 12.5. The van der Waals surface area contributed by atoms with Gasteiger partial charge in [0.1, 0.15) is 47.7 Å². The van der Waals surface area contributed by atoms with Crippen molar-refractivity contribution in [2.24, 2.45) is 0 Å². The molecule has 0 fully saturated rings. The number of ether oxygens (including phenoxy) is 6. The van der Waals surface area contributed by atoms with Crippen molar-refractivity contribution in [2.75, 3.05) is 26.4 Å². The predicted molar refractivity (Wildman–Crippen MR) is 361 cm³/mol. The molecule has 0 spiro atoms. The molecule has 3 rings (SSSR count). The first-order valence-corrected chi connectivity index (χ1v) is 36.4. The Labute approximate surface area is 523 Å². The molecule has 0 saturated heterocycles. The van der Waals surface area contributed by atoms with Gasteiger partial charge in [-0.05, 0) is 73.2 Å². The lowest BCUT2D eigenvalue weighted by molar-refractivity contribution is 0.0695. The first kappa shape index (κ1) is 75.2. The van der Waals surface area contributed by atoms with E-state index in [2.05, 4.69) is 27.7 Å². The Morgan fingerprint density at radius 1 is 0.247 bits per heavy atom. The van der Waals surface area contributed by atoms with E-state index in [9.17, 15) is 9.90 Å². The first-order chi connectivity index (χ1) is 41.9. The molecule has 486 valence electrons. The standard InChI is InChI=1S/C77H130O8/c1-5-9-13-17-21-25-29-33-37-41-45-49-53-80-71-57-68(58-72(63-71)81-54-50-46-42-38-34-30-26-22-18-14-10-6-2)66-84-75-61-70(77(78)79)62-76(65-75)85-67-69-59-73(82-55-51-47-43-39-35-31-27-23-19-15-11-7-3)64-74(60-69)83-56-52-48-44-40-36-32-28-24-20-16-12-8-4/h57-65H,5-56,66-67H2,1-4H3,(H,78,79). The predicted octanol–water partition coefficient (Wildman–Crippen LogP) is 24.9. The fourth-order valence-electron chi connectivity index (χ4n) is 11.5. The van der Waals surface area contributed by atoms with E-state index in [-0.39, 0.29) is 18.8 Å². The molecule has 0 saturated carbocycles. The highest BCUT2D eigenvalue weighted by Gasteiger charge is 2.13. The summed E-state index contributed by atoms with van der Waals surface area (Å²) >= 11 is 0. The number of carboxylic acids is 1. The monoisotopic (exact) mass is 1180 g/mol. The van der Waals surface area contributed by atoms with Crippen LogP contribution < -0.4 is 28.4 Å². The highest BCUT2D eigenvalue weighted by atomic mass is 16.5. The van der Waals surface area contributed by atoms with Crippen molar-refractivity contribution in [1.29, 1.82) is 0 Å². The van der Waals surface area contributed by atoms with Crippen LogP contribution in [0.3, 0.4) is 0 Å². The molecule has 0 aliphatic heterocycles. The lowest BCUT2D eigenvalue weighted by Crippen LogP contribution is -2.05. The van der Waals surface area contributed by atoms with Gasteiger partial charge in [-0.15, -0.1) is 0 Å². The van der Waals surface area contributed by atoms with Crippen molar-refractivity contribution in [3.63, 3.8) is 0 Å². The summed E-state index contributed by atoms with van der Waals surface area (Å²) < 4.78 is 38.3. The van der Waals surface area contributed by atoms with E-state index in [4.69, 9.17) is 28.4 Å². The quantitative estimate of drug-likeness (QED) is 0.0559. The summed E-state index contributed by atoms with van der Waals surface area (Å²) in [6.07, 6.45) is 62.5. The summed E-state index contributed by atoms with van der Waals surface area (Å²) in [6, 6.07) is 17.1. The molecule has 3 aromatic rings. The maximum Gasteiger partial charge on any atom is 0.335 e. The molecule has 0 aliphatic carbocycles. The number of carboxylic acid groups (broad SMARTS) is 1. The van der Waals surface area contributed by atoms with Crippen LogP contribution in [-0.2, 0) is 13.2 Å². The van der Waals surface area contributed by atoms with Crippen LogP contribution in [0.25, 0.3) is 0 Å². The van der Waals surface area contributed by atoms with Gasteiger partial charge in [0.2, 0.25) is 0 Å². The number of hydrogen-bond acceptors (Lipinski definition) is 7. The van der Waals surface area contributed by atoms with Crippen LogP contribution in [0, 0.1) is 0 Å². The molecular weight excluding hydrogens is 1050 g/mol. The van der Waals surface area contributed by atoms with Gasteiger partial charge in [0.05, 0.1) is 32.0 Å². The van der Waals surface area contributed by atoms with E-state index < -0.39 is 5.97 Å². The number of hydrogen-bond donors (Lipinski definition) is 1. The summed E-state index contributed by atoms with van der Waals surface area (Å²) in [5.41, 5.74) is 1.90. The molecule has 8 nitrogen and oxygen atoms in total. The molecular formula is C77H130O8. The van der Waals surface area contributed by atoms with Gasteiger partial charge in [0.15, 0.2) is 0 Å². The Morgan fingerprint density at radius 3 is 0.612 bits per heavy atom. The summed E-state index contributed by atoms with van der Waals surface area (Å²) in [5, 5.41) is 10.2. The number of aromatic carboxylic acids is 1. The van der Waals surface area contributed by atoms with Gasteiger partial charge in [-0.25, -0.2) is 4.79 Å². The largest absolute Gasteiger partial charge is 0.493 e. The molecule has 8 heteroatoms. The van der Waals surface area contributed by atoms with Crippen LogP contribution in [0.4, 0.5) is 0 Å². The maximum atomic E-state index is 12.5. The van der Waals surface area contributed by atoms with Crippen LogP contribution in [0.2, 0.25) is 0 Å². The molecule has 0 amide bonds. The summed E-state index contributed by atoms with van der Waals surface area (Å²) in [7, 11) is 0. The van der Waals surface area contributed by atoms with Crippen LogP contribution in [0.15, 0.2) is 54.6 Å². The van der Waals surface area contributed by atoms with E-state index >= 15 is 0 Å². The molecule has 0 heterocycles. The first-order valence-electron chi connectivity index (χ1n) is 36.4. The van der Waals surface area contributed by atoms with E-state index in [1.54, 1.807) is 18.2 Å². The van der Waals surface area contributed by atoms with Gasteiger partial charge in [-0.2, -0.15) is 0 Å². The number of rotatable bonds is 63. The Kier molecular flexibility index (Phi) is 48.9. The minimum absolute atomic E-state index is 0.101. The molecule has 0 radical (unpaired) electrons. The molecule has 0 unspecified atom stereocenters. The van der Waals surface area contributed by atoms with E-state index in [1.807, 2.05) is 36.4 Å². The van der Waals surface area contributed by atoms with E-state index in [0.717, 1.165) is 59.8 Å². The van der Waals surface area contributed by atoms with Crippen LogP contribution in [-0.4, -0.2) is 37.5 Å². The molecule has 1 N–H and O–H groups in total. The third kappa shape index (κ3) is 43.3. The zero-order valence-electron chi connectivity index (χ0n) is 55.7. The Morgan fingerprint density at radius 2 is 0.424 bits per heavy atom. The van der Waals surface area contributed by atoms with Crippen LogP contribution in [0.1, 0.15) is 357 Å². The van der Waals surface area contributed by atoms with Crippen molar-refractivity contribution < 1.29 is 38.3 Å². The molecule has 0 aromatic heterocycles. The van der Waals surface area contributed by atoms with Gasteiger partial charge < -0.3 is 33.5 Å². The van der Waals surface area contributed by atoms with Gasteiger partial charge in [-0.3, -0.25) is 0 Å². The Hall–Kier alpha value is -4.07. The smallest absolute Gasteiger partial charge is 0.335 e. The van der Waals surface area contributed by atoms with Gasteiger partial charge >= 0.3 is 5.97 Å². The fourth-order valence-corrected chi connectivity index (χ4v) is 11.5. The van der Waals surface area contributed by atoms with Crippen LogP contribution in [0.5, 0.6) is 34.5 Å². The van der Waals surface area contributed by atoms with Crippen molar-refractivity contribution in [3.05, 3.63) is 71.3 Å². The zero-order chi connectivity index (χ0) is 60.6. The summed E-state index contributed by atoms with van der Waals surface area (Å²) in [6.45, 7) is 12.2. The van der Waals surface area contributed by atoms with E-state index in [1.165, 1.54) is 283 Å². The number of unbranched alkanes of at least 4 members (excludes halogenated alkanes) is 44. The highest BCUT2D eigenvalue weighted by Crippen LogP contribution is 2.30. The minimum Gasteiger partial charge on any atom is -0.493 e. The minimum atomic E-state index is -1.04. The molecule has 85 heavy (non-hydrogen) atoms. The average molecular weight is 1180 g/mol. The molecule has 3 aromatic carbocycles.